The second-order valence-electron chi connectivity index (χ2n) is 8.43. The monoisotopic (exact) mass is 586 g/mol. The van der Waals surface area contributed by atoms with Gasteiger partial charge in [0.1, 0.15) is 0 Å². The van der Waals surface area contributed by atoms with Crippen LogP contribution in [0, 0.1) is 0 Å². The molecule has 1 aromatic heterocycles. The summed E-state index contributed by atoms with van der Waals surface area (Å²) in [6, 6.07) is 10.7. The lowest BCUT2D eigenvalue weighted by Crippen LogP contribution is -2.43. The van der Waals surface area contributed by atoms with Crippen LogP contribution in [0.3, 0.4) is 0 Å². The Morgan fingerprint density at radius 1 is 0.816 bits per heavy atom. The zero-order chi connectivity index (χ0) is 27.9. The van der Waals surface area contributed by atoms with Gasteiger partial charge in [-0.05, 0) is 19.3 Å². The Bertz CT molecular complexity index is 931. The van der Waals surface area contributed by atoms with Crippen LogP contribution in [0.15, 0.2) is 35.5 Å². The molecule has 2 rings (SSSR count). The van der Waals surface area contributed by atoms with Gasteiger partial charge in [-0.3, -0.25) is 0 Å². The summed E-state index contributed by atoms with van der Waals surface area (Å²) in [6.07, 6.45) is 4.77. The molecule has 0 atom stereocenters. The average molecular weight is 587 g/mol. The van der Waals surface area contributed by atoms with E-state index in [2.05, 4.69) is 15.4 Å². The second-order valence-corrected chi connectivity index (χ2v) is 15.7. The number of thioether (sulfide) groups is 1. The van der Waals surface area contributed by atoms with Crippen molar-refractivity contribution >= 4 is 35.4 Å². The fourth-order valence-corrected chi connectivity index (χ4v) is 8.26. The van der Waals surface area contributed by atoms with Gasteiger partial charge < -0.3 is 31.9 Å². The van der Waals surface area contributed by atoms with E-state index in [-0.39, 0.29) is 6.03 Å². The standard InChI is InChI=1S/C24H42N4O7SSi2/c1-30-37(31-2,32-3)19-13-8-7-12-18-36-23-26-22(21-15-10-9-11-16-21)28(27-23)24(29)25-17-14-20-38(33-4,34-5)35-6/h9-11,15-16H,7-8,12-14,17-20H2,1-6H3,(H,25,29). The van der Waals surface area contributed by atoms with Crippen molar-refractivity contribution in [3.05, 3.63) is 30.3 Å². The van der Waals surface area contributed by atoms with Crippen LogP contribution in [-0.2, 0) is 26.6 Å². The van der Waals surface area contributed by atoms with Crippen LogP contribution in [0.2, 0.25) is 12.1 Å². The summed E-state index contributed by atoms with van der Waals surface area (Å²) in [4.78, 5) is 17.7. The van der Waals surface area contributed by atoms with Crippen molar-refractivity contribution in [2.45, 2.75) is 49.3 Å². The van der Waals surface area contributed by atoms with E-state index >= 15 is 0 Å². The number of carbonyl (C=O) groups excluding carboxylic acids is 1. The van der Waals surface area contributed by atoms with E-state index in [1.807, 2.05) is 30.3 Å². The van der Waals surface area contributed by atoms with Crippen LogP contribution < -0.4 is 5.32 Å². The zero-order valence-corrected chi connectivity index (χ0v) is 26.2. The smallest absolute Gasteiger partial charge is 0.377 e. The highest BCUT2D eigenvalue weighted by Gasteiger charge is 2.37. The maximum absolute atomic E-state index is 13.0. The number of nitrogens with one attached hydrogen (secondary N) is 1. The molecule has 14 heteroatoms. The van der Waals surface area contributed by atoms with Gasteiger partial charge in [0.05, 0.1) is 0 Å². The van der Waals surface area contributed by atoms with Crippen LogP contribution in [0.5, 0.6) is 0 Å². The molecule has 1 aromatic carbocycles. The van der Waals surface area contributed by atoms with Gasteiger partial charge in [0.2, 0.25) is 5.16 Å². The summed E-state index contributed by atoms with van der Waals surface area (Å²) in [5.74, 6) is 1.37. The zero-order valence-electron chi connectivity index (χ0n) is 23.4. The Morgan fingerprint density at radius 3 is 1.95 bits per heavy atom. The molecule has 214 valence electrons. The van der Waals surface area contributed by atoms with Gasteiger partial charge in [0.25, 0.3) is 0 Å². The van der Waals surface area contributed by atoms with Crippen LogP contribution in [0.1, 0.15) is 32.1 Å². The molecule has 1 heterocycles. The van der Waals surface area contributed by atoms with Crippen LogP contribution in [0.25, 0.3) is 11.4 Å². The lowest BCUT2D eigenvalue weighted by atomic mass is 10.2. The molecule has 1 N–H and O–H groups in total. The highest BCUT2D eigenvalue weighted by molar-refractivity contribution is 7.99. The minimum Gasteiger partial charge on any atom is -0.377 e. The van der Waals surface area contributed by atoms with Gasteiger partial charge in [-0.1, -0.05) is 54.9 Å². The van der Waals surface area contributed by atoms with Gasteiger partial charge in [-0.15, -0.1) is 5.10 Å². The predicted molar refractivity (Wildman–Crippen MR) is 151 cm³/mol. The molecule has 0 saturated carbocycles. The molecule has 0 fully saturated rings. The largest absolute Gasteiger partial charge is 0.500 e. The fraction of sp³-hybridized carbons (Fsp3) is 0.625. The molecular weight excluding hydrogens is 545 g/mol. The van der Waals surface area contributed by atoms with Crippen molar-refractivity contribution in [2.75, 3.05) is 55.0 Å². The molecule has 0 spiro atoms. The lowest BCUT2D eigenvalue weighted by molar-refractivity contribution is 0.122. The lowest BCUT2D eigenvalue weighted by Gasteiger charge is -2.24. The summed E-state index contributed by atoms with van der Waals surface area (Å²) < 4.78 is 34.1. The van der Waals surface area contributed by atoms with Gasteiger partial charge in [0, 0.05) is 72.6 Å². The van der Waals surface area contributed by atoms with Gasteiger partial charge >= 0.3 is 23.6 Å². The van der Waals surface area contributed by atoms with Crippen molar-refractivity contribution in [2.24, 2.45) is 0 Å². The summed E-state index contributed by atoms with van der Waals surface area (Å²) in [5.41, 5.74) is 0.827. The summed E-state index contributed by atoms with van der Waals surface area (Å²) in [5, 5.41) is 8.01. The van der Waals surface area contributed by atoms with Crippen molar-refractivity contribution in [3.63, 3.8) is 0 Å². The molecule has 0 aliphatic carbocycles. The van der Waals surface area contributed by atoms with E-state index in [1.54, 1.807) is 54.4 Å². The summed E-state index contributed by atoms with van der Waals surface area (Å²) in [6.45, 7) is 0.430. The molecule has 38 heavy (non-hydrogen) atoms. The van der Waals surface area contributed by atoms with Gasteiger partial charge in [0.15, 0.2) is 5.82 Å². The number of carbonyl (C=O) groups is 1. The Hall–Kier alpha value is -1.63. The predicted octanol–water partition coefficient (Wildman–Crippen LogP) is 4.30. The molecule has 11 nitrogen and oxygen atoms in total. The number of benzene rings is 1. The molecule has 0 aliphatic heterocycles. The van der Waals surface area contributed by atoms with E-state index in [0.717, 1.165) is 43.0 Å². The molecule has 2 aromatic rings. The SMILES string of the molecule is CO[Si](CCCCCCSc1nc(-c2ccccc2)n(C(=O)NCCC[Si](OC)(OC)OC)n1)(OC)OC. The summed E-state index contributed by atoms with van der Waals surface area (Å²) >= 11 is 1.55. The maximum Gasteiger partial charge on any atom is 0.500 e. The van der Waals surface area contributed by atoms with E-state index in [1.165, 1.54) is 4.68 Å². The highest BCUT2D eigenvalue weighted by Crippen LogP contribution is 2.23. The van der Waals surface area contributed by atoms with Crippen LogP contribution in [0.4, 0.5) is 4.79 Å². The third kappa shape index (κ3) is 9.53. The topological polar surface area (TPSA) is 115 Å². The third-order valence-corrected chi connectivity index (χ3v) is 12.8. The van der Waals surface area contributed by atoms with E-state index < -0.39 is 17.6 Å². The van der Waals surface area contributed by atoms with Crippen molar-refractivity contribution in [1.29, 1.82) is 0 Å². The third-order valence-electron chi connectivity index (χ3n) is 6.22. The van der Waals surface area contributed by atoms with Crippen LogP contribution >= 0.6 is 11.8 Å². The number of rotatable bonds is 19. The molecule has 0 aliphatic rings. The van der Waals surface area contributed by atoms with E-state index in [0.29, 0.717) is 30.0 Å². The second kappa shape index (κ2) is 17.1. The van der Waals surface area contributed by atoms with Crippen molar-refractivity contribution < 1.29 is 31.4 Å². The summed E-state index contributed by atoms with van der Waals surface area (Å²) in [7, 11) is 4.48. The molecule has 0 saturated heterocycles. The number of unbranched alkanes of at least 4 members (excludes halogenated alkanes) is 3. The molecule has 0 unspecified atom stereocenters. The number of hydrogen-bond donors (Lipinski definition) is 1. The normalized spacial score (nSPS) is 12.2. The van der Waals surface area contributed by atoms with E-state index in [4.69, 9.17) is 26.6 Å². The number of hydrogen-bond acceptors (Lipinski definition) is 10. The first kappa shape index (κ1) is 32.6. The molecule has 0 radical (unpaired) electrons. The average Bonchev–Trinajstić information content (AvgIpc) is 3.40. The molecular formula is C24H42N4O7SSi2. The quantitative estimate of drug-likeness (QED) is 0.145. The first-order valence-corrected chi connectivity index (χ1v) is 17.5. The molecule has 1 amide bonds. The fourth-order valence-electron chi connectivity index (χ4n) is 3.92. The first-order chi connectivity index (χ1) is 18.4. The Labute approximate surface area is 232 Å². The minimum absolute atomic E-state index is 0.329. The Balaban J connectivity index is 1.91. The number of aromatic nitrogens is 3. The van der Waals surface area contributed by atoms with Crippen molar-refractivity contribution in [1.82, 2.24) is 20.1 Å². The van der Waals surface area contributed by atoms with E-state index in [9.17, 15) is 4.79 Å². The molecule has 0 bridgehead atoms. The first-order valence-electron chi connectivity index (χ1n) is 12.7. The minimum atomic E-state index is -2.68. The van der Waals surface area contributed by atoms with Crippen molar-refractivity contribution in [3.8, 4) is 11.4 Å². The Kier molecular flexibility index (Phi) is 14.7. The number of nitrogens with zero attached hydrogens (tertiary/aromatic N) is 3. The number of amides is 1. The van der Waals surface area contributed by atoms with Gasteiger partial charge in [-0.25, -0.2) is 9.78 Å². The van der Waals surface area contributed by atoms with Gasteiger partial charge in [-0.2, -0.15) is 4.68 Å². The van der Waals surface area contributed by atoms with Crippen LogP contribution in [-0.4, -0.2) is 93.4 Å². The Morgan fingerprint density at radius 2 is 1.37 bits per heavy atom. The maximum atomic E-state index is 13.0. The highest BCUT2D eigenvalue weighted by atomic mass is 32.2.